The summed E-state index contributed by atoms with van der Waals surface area (Å²) in [7, 11) is 2.04. The van der Waals surface area contributed by atoms with Crippen molar-refractivity contribution in [1.29, 1.82) is 0 Å². The van der Waals surface area contributed by atoms with Gasteiger partial charge in [-0.1, -0.05) is 12.1 Å². The number of para-hydroxylation sites is 1. The second-order valence-electron chi connectivity index (χ2n) is 7.13. The van der Waals surface area contributed by atoms with Crippen molar-refractivity contribution in [3.63, 3.8) is 0 Å². The summed E-state index contributed by atoms with van der Waals surface area (Å²) in [4.78, 5) is 34.0. The van der Waals surface area contributed by atoms with Crippen molar-refractivity contribution in [2.75, 3.05) is 33.2 Å². The quantitative estimate of drug-likeness (QED) is 0.739. The molecule has 3 aromatic rings. The van der Waals surface area contributed by atoms with Crippen LogP contribution in [0.25, 0.3) is 16.6 Å². The average molecular weight is 377 g/mol. The van der Waals surface area contributed by atoms with E-state index in [9.17, 15) is 9.59 Å². The van der Waals surface area contributed by atoms with Gasteiger partial charge in [0.05, 0.1) is 22.6 Å². The highest BCUT2D eigenvalue weighted by Crippen LogP contribution is 2.15. The van der Waals surface area contributed by atoms with E-state index in [2.05, 4.69) is 9.88 Å². The SMILES string of the molecule is CN1CCN(C(=O)c2ccc(-n3cnc4ccccc4c3=O)cc2)C(CN)C1. The van der Waals surface area contributed by atoms with Gasteiger partial charge in [-0.05, 0) is 43.4 Å². The number of carbonyl (C=O) groups is 1. The zero-order valence-corrected chi connectivity index (χ0v) is 15.8. The molecular formula is C21H23N5O2. The predicted molar refractivity (Wildman–Crippen MR) is 109 cm³/mol. The molecule has 1 saturated heterocycles. The van der Waals surface area contributed by atoms with E-state index in [1.807, 2.05) is 30.1 Å². The molecule has 28 heavy (non-hydrogen) atoms. The minimum Gasteiger partial charge on any atom is -0.332 e. The maximum atomic E-state index is 12.9. The fourth-order valence-corrected chi connectivity index (χ4v) is 3.66. The minimum atomic E-state index is -0.132. The molecule has 2 heterocycles. The van der Waals surface area contributed by atoms with Crippen molar-refractivity contribution < 1.29 is 4.79 Å². The maximum absolute atomic E-state index is 12.9. The van der Waals surface area contributed by atoms with E-state index >= 15 is 0 Å². The second kappa shape index (κ2) is 7.53. The largest absolute Gasteiger partial charge is 0.332 e. The smallest absolute Gasteiger partial charge is 0.265 e. The Labute approximate surface area is 163 Å². The van der Waals surface area contributed by atoms with E-state index in [1.54, 1.807) is 30.3 Å². The van der Waals surface area contributed by atoms with Gasteiger partial charge in [0.1, 0.15) is 6.33 Å². The predicted octanol–water partition coefficient (Wildman–Crippen LogP) is 1.10. The number of piperazine rings is 1. The Hall–Kier alpha value is -3.03. The van der Waals surface area contributed by atoms with Crippen LogP contribution in [0.1, 0.15) is 10.4 Å². The van der Waals surface area contributed by atoms with Crippen LogP contribution >= 0.6 is 0 Å². The van der Waals surface area contributed by atoms with Gasteiger partial charge >= 0.3 is 0 Å². The number of nitrogens with two attached hydrogens (primary N) is 1. The van der Waals surface area contributed by atoms with Gasteiger partial charge in [0.15, 0.2) is 0 Å². The number of benzene rings is 2. The summed E-state index contributed by atoms with van der Waals surface area (Å²) < 4.78 is 1.50. The van der Waals surface area contributed by atoms with Gasteiger partial charge in [-0.25, -0.2) is 4.98 Å². The lowest BCUT2D eigenvalue weighted by atomic mass is 10.1. The number of nitrogens with zero attached hydrogens (tertiary/aromatic N) is 4. The Morgan fingerprint density at radius 3 is 2.64 bits per heavy atom. The molecule has 0 radical (unpaired) electrons. The first kappa shape index (κ1) is 18.3. The van der Waals surface area contributed by atoms with Crippen LogP contribution in [0.2, 0.25) is 0 Å². The number of hydrogen-bond acceptors (Lipinski definition) is 5. The summed E-state index contributed by atoms with van der Waals surface area (Å²) in [5.41, 5.74) is 7.67. The monoisotopic (exact) mass is 377 g/mol. The first-order valence-corrected chi connectivity index (χ1v) is 9.35. The molecule has 1 fully saturated rings. The summed E-state index contributed by atoms with van der Waals surface area (Å²) in [6, 6.07) is 14.3. The number of hydrogen-bond donors (Lipinski definition) is 1. The van der Waals surface area contributed by atoms with Crippen LogP contribution in [0, 0.1) is 0 Å². The molecule has 1 aromatic heterocycles. The average Bonchev–Trinajstić information content (AvgIpc) is 2.74. The molecule has 0 saturated carbocycles. The van der Waals surface area contributed by atoms with Crippen molar-refractivity contribution in [2.45, 2.75) is 6.04 Å². The molecule has 1 unspecified atom stereocenters. The van der Waals surface area contributed by atoms with Gasteiger partial charge in [0.25, 0.3) is 11.5 Å². The van der Waals surface area contributed by atoms with Crippen molar-refractivity contribution >= 4 is 16.8 Å². The van der Waals surface area contributed by atoms with E-state index in [0.717, 1.165) is 13.1 Å². The molecule has 4 rings (SSSR count). The molecule has 1 amide bonds. The molecule has 0 aliphatic carbocycles. The number of fused-ring (bicyclic) bond motifs is 1. The Bertz CT molecular complexity index is 1060. The highest BCUT2D eigenvalue weighted by molar-refractivity contribution is 5.94. The van der Waals surface area contributed by atoms with Gasteiger partial charge in [0, 0.05) is 31.7 Å². The third-order valence-corrected chi connectivity index (χ3v) is 5.28. The van der Waals surface area contributed by atoms with Crippen molar-refractivity contribution in [1.82, 2.24) is 19.4 Å². The Morgan fingerprint density at radius 2 is 1.89 bits per heavy atom. The molecule has 1 aliphatic heterocycles. The summed E-state index contributed by atoms with van der Waals surface area (Å²) in [6.45, 7) is 2.70. The lowest BCUT2D eigenvalue weighted by molar-refractivity contribution is 0.0516. The second-order valence-corrected chi connectivity index (χ2v) is 7.13. The highest BCUT2D eigenvalue weighted by atomic mass is 16.2. The Morgan fingerprint density at radius 1 is 1.14 bits per heavy atom. The zero-order valence-electron chi connectivity index (χ0n) is 15.8. The number of carbonyl (C=O) groups excluding carboxylic acids is 1. The standard InChI is InChI=1S/C21H23N5O2/c1-24-10-11-25(17(12-22)13-24)20(27)15-6-8-16(9-7-15)26-14-23-19-5-3-2-4-18(19)21(26)28/h2-9,14,17H,10-13,22H2,1H3. The molecule has 2 aromatic carbocycles. The third-order valence-electron chi connectivity index (χ3n) is 5.28. The molecule has 0 spiro atoms. The van der Waals surface area contributed by atoms with Crippen LogP contribution < -0.4 is 11.3 Å². The minimum absolute atomic E-state index is 0.0123. The van der Waals surface area contributed by atoms with Crippen LogP contribution in [-0.4, -0.2) is 64.5 Å². The third kappa shape index (κ3) is 3.30. The van der Waals surface area contributed by atoms with Crippen LogP contribution in [0.15, 0.2) is 59.7 Å². The summed E-state index contributed by atoms with van der Waals surface area (Å²) in [5.74, 6) is -0.0286. The molecule has 0 bridgehead atoms. The van der Waals surface area contributed by atoms with Crippen LogP contribution in [0.5, 0.6) is 0 Å². The van der Waals surface area contributed by atoms with Crippen molar-refractivity contribution in [2.24, 2.45) is 5.73 Å². The first-order valence-electron chi connectivity index (χ1n) is 9.35. The van der Waals surface area contributed by atoms with Gasteiger partial charge in [-0.15, -0.1) is 0 Å². The summed E-state index contributed by atoms with van der Waals surface area (Å²) in [6.07, 6.45) is 1.52. The first-order chi connectivity index (χ1) is 13.6. The van der Waals surface area contributed by atoms with Gasteiger partial charge < -0.3 is 15.5 Å². The van der Waals surface area contributed by atoms with E-state index in [-0.39, 0.29) is 17.5 Å². The fourth-order valence-electron chi connectivity index (χ4n) is 3.66. The van der Waals surface area contributed by atoms with Crippen molar-refractivity contribution in [3.05, 3.63) is 70.8 Å². The number of amides is 1. The lowest BCUT2D eigenvalue weighted by Crippen LogP contribution is -2.56. The van der Waals surface area contributed by atoms with E-state index < -0.39 is 0 Å². The topological polar surface area (TPSA) is 84.5 Å². The van der Waals surface area contributed by atoms with Gasteiger partial charge in [0.2, 0.25) is 0 Å². The van der Waals surface area contributed by atoms with E-state index in [4.69, 9.17) is 5.73 Å². The normalized spacial score (nSPS) is 17.8. The lowest BCUT2D eigenvalue weighted by Gasteiger charge is -2.39. The molecular weight excluding hydrogens is 354 g/mol. The van der Waals surface area contributed by atoms with Crippen LogP contribution in [-0.2, 0) is 0 Å². The van der Waals surface area contributed by atoms with E-state index in [0.29, 0.717) is 35.2 Å². The van der Waals surface area contributed by atoms with Crippen molar-refractivity contribution in [3.8, 4) is 5.69 Å². The van der Waals surface area contributed by atoms with Gasteiger partial charge in [-0.3, -0.25) is 14.2 Å². The Balaban J connectivity index is 1.62. The molecule has 7 heteroatoms. The van der Waals surface area contributed by atoms with Crippen LogP contribution in [0.3, 0.4) is 0 Å². The number of rotatable bonds is 3. The Kier molecular flexibility index (Phi) is 4.93. The summed E-state index contributed by atoms with van der Waals surface area (Å²) >= 11 is 0. The van der Waals surface area contributed by atoms with E-state index in [1.165, 1.54) is 10.9 Å². The van der Waals surface area contributed by atoms with Crippen LogP contribution in [0.4, 0.5) is 0 Å². The molecule has 144 valence electrons. The number of aromatic nitrogens is 2. The maximum Gasteiger partial charge on any atom is 0.265 e. The zero-order chi connectivity index (χ0) is 19.7. The van der Waals surface area contributed by atoms with Gasteiger partial charge in [-0.2, -0.15) is 0 Å². The molecule has 1 atom stereocenters. The summed E-state index contributed by atoms with van der Waals surface area (Å²) in [5, 5.41) is 0.563. The number of likely N-dealkylation sites (N-methyl/N-ethyl adjacent to an activating group) is 1. The fraction of sp³-hybridized carbons (Fsp3) is 0.286. The molecule has 2 N–H and O–H groups in total. The molecule has 1 aliphatic rings. The highest BCUT2D eigenvalue weighted by Gasteiger charge is 2.28. The molecule has 7 nitrogen and oxygen atoms in total.